The number of hydrogen-bond acceptors (Lipinski definition) is 6. The van der Waals surface area contributed by atoms with Crippen LogP contribution in [0.5, 0.6) is 0 Å². The highest BCUT2D eigenvalue weighted by atomic mass is 16.6. The number of nitrogens with zero attached hydrogens (tertiary/aromatic N) is 1. The van der Waals surface area contributed by atoms with Gasteiger partial charge in [-0.15, -0.1) is 0 Å². The fourth-order valence-corrected chi connectivity index (χ4v) is 4.19. The van der Waals surface area contributed by atoms with E-state index in [4.69, 9.17) is 4.74 Å². The van der Waals surface area contributed by atoms with E-state index in [1.54, 1.807) is 39.0 Å². The van der Waals surface area contributed by atoms with Crippen molar-refractivity contribution in [3.8, 4) is 0 Å². The van der Waals surface area contributed by atoms with E-state index in [0.717, 1.165) is 5.70 Å². The second-order valence-electron chi connectivity index (χ2n) is 8.70. The molecule has 2 aliphatic rings. The quantitative estimate of drug-likeness (QED) is 0.465. The minimum atomic E-state index is -0.831. The average molecular weight is 398 g/mol. The highest BCUT2D eigenvalue weighted by molar-refractivity contribution is 6.04. The van der Waals surface area contributed by atoms with Crippen LogP contribution >= 0.6 is 0 Å². The van der Waals surface area contributed by atoms with E-state index >= 15 is 0 Å². The number of ether oxygens (including phenoxy) is 1. The zero-order valence-corrected chi connectivity index (χ0v) is 17.4. The van der Waals surface area contributed by atoms with Crippen molar-refractivity contribution in [1.29, 1.82) is 0 Å². The van der Waals surface area contributed by atoms with Gasteiger partial charge in [0.15, 0.2) is 5.78 Å². The van der Waals surface area contributed by atoms with Gasteiger partial charge in [-0.25, -0.2) is 4.79 Å². The number of esters is 1. The van der Waals surface area contributed by atoms with Crippen LogP contribution < -0.4 is 5.32 Å². The summed E-state index contributed by atoms with van der Waals surface area (Å²) in [5.74, 6) is -1.51. The topological polar surface area (TPSA) is 98.5 Å². The van der Waals surface area contributed by atoms with Crippen molar-refractivity contribution < 1.29 is 19.2 Å². The Kier molecular flexibility index (Phi) is 5.34. The van der Waals surface area contributed by atoms with E-state index in [2.05, 4.69) is 5.32 Å². The number of hydrogen-bond donors (Lipinski definition) is 1. The molecule has 7 nitrogen and oxygen atoms in total. The summed E-state index contributed by atoms with van der Waals surface area (Å²) in [6, 6.07) is 6.27. The Balaban J connectivity index is 2.25. The van der Waals surface area contributed by atoms with Crippen LogP contribution in [0.3, 0.4) is 0 Å². The number of nitro benzene ring substituents is 1. The summed E-state index contributed by atoms with van der Waals surface area (Å²) in [5.41, 5.74) is 1.95. The van der Waals surface area contributed by atoms with Gasteiger partial charge in [-0.05, 0) is 32.6 Å². The molecule has 0 aromatic heterocycles. The van der Waals surface area contributed by atoms with Crippen LogP contribution in [0.25, 0.3) is 0 Å². The second kappa shape index (κ2) is 7.46. The zero-order chi connectivity index (χ0) is 21.5. The number of carbonyl (C=O) groups excluding carboxylic acids is 2. The number of Topliss-reactive ketones (excluding diaryl/α,β-unsaturated/α-hetero) is 1. The maximum Gasteiger partial charge on any atom is 0.337 e. The Morgan fingerprint density at radius 2 is 1.93 bits per heavy atom. The summed E-state index contributed by atoms with van der Waals surface area (Å²) in [5, 5.41) is 14.9. The third-order valence-electron chi connectivity index (χ3n) is 5.25. The average Bonchev–Trinajstić information content (AvgIpc) is 2.58. The number of nitro groups is 1. The normalized spacial score (nSPS) is 21.0. The molecule has 29 heavy (non-hydrogen) atoms. The molecule has 1 aromatic rings. The Morgan fingerprint density at radius 3 is 2.55 bits per heavy atom. The summed E-state index contributed by atoms with van der Waals surface area (Å²) < 4.78 is 5.43. The molecule has 1 aliphatic carbocycles. The lowest BCUT2D eigenvalue weighted by Crippen LogP contribution is -2.39. The minimum Gasteiger partial charge on any atom is -0.460 e. The standard InChI is InChI=1S/C22H26N2O5/c1-12(2)29-21(26)18-13(3)23-15-10-22(4,5)11-17(25)20(15)19(18)14-8-6-7-9-16(14)24(27)28/h6-9,12,19,23H,10-11H2,1-5H3. The van der Waals surface area contributed by atoms with Gasteiger partial charge in [0, 0.05) is 35.0 Å². The Hall–Kier alpha value is -2.96. The molecule has 0 spiro atoms. The lowest BCUT2D eigenvalue weighted by molar-refractivity contribution is -0.385. The van der Waals surface area contributed by atoms with Gasteiger partial charge in [0.25, 0.3) is 5.69 Å². The maximum absolute atomic E-state index is 13.2. The summed E-state index contributed by atoms with van der Waals surface area (Å²) in [7, 11) is 0. The molecule has 0 amide bonds. The van der Waals surface area contributed by atoms with Crippen molar-refractivity contribution in [3.05, 3.63) is 62.5 Å². The lowest BCUT2D eigenvalue weighted by Gasteiger charge is -2.39. The molecule has 0 saturated heterocycles. The van der Waals surface area contributed by atoms with Crippen LogP contribution in [0.2, 0.25) is 0 Å². The van der Waals surface area contributed by atoms with Gasteiger partial charge < -0.3 is 10.1 Å². The highest BCUT2D eigenvalue weighted by Crippen LogP contribution is 2.48. The van der Waals surface area contributed by atoms with Crippen LogP contribution in [0, 0.1) is 15.5 Å². The van der Waals surface area contributed by atoms with Gasteiger partial charge in [0.2, 0.25) is 0 Å². The fourth-order valence-electron chi connectivity index (χ4n) is 4.19. The first-order valence-corrected chi connectivity index (χ1v) is 9.70. The second-order valence-corrected chi connectivity index (χ2v) is 8.70. The Labute approximate surface area is 170 Å². The Morgan fingerprint density at radius 1 is 1.28 bits per heavy atom. The SMILES string of the molecule is CC1=C(C(=O)OC(C)C)C(c2ccccc2[N+](=O)[O-])C2=C(CC(C)(C)CC2=O)N1. The summed E-state index contributed by atoms with van der Waals surface area (Å²) in [6.07, 6.45) is 0.580. The molecule has 0 bridgehead atoms. The first kappa shape index (κ1) is 20.8. The van der Waals surface area contributed by atoms with E-state index in [0.29, 0.717) is 29.7 Å². The molecule has 1 aromatic carbocycles. The molecule has 0 fully saturated rings. The van der Waals surface area contributed by atoms with E-state index in [9.17, 15) is 19.7 Å². The van der Waals surface area contributed by atoms with Gasteiger partial charge >= 0.3 is 5.97 Å². The van der Waals surface area contributed by atoms with E-state index in [-0.39, 0.29) is 28.6 Å². The lowest BCUT2D eigenvalue weighted by atomic mass is 9.68. The number of ketones is 1. The van der Waals surface area contributed by atoms with Crippen molar-refractivity contribution >= 4 is 17.4 Å². The minimum absolute atomic E-state index is 0.103. The number of dihydropyridines is 1. The van der Waals surface area contributed by atoms with Crippen LogP contribution in [-0.2, 0) is 14.3 Å². The van der Waals surface area contributed by atoms with Gasteiger partial charge in [0.05, 0.1) is 22.5 Å². The summed E-state index contributed by atoms with van der Waals surface area (Å²) in [6.45, 7) is 9.25. The van der Waals surface area contributed by atoms with Crippen LogP contribution in [0.4, 0.5) is 5.69 Å². The molecule has 1 aliphatic heterocycles. The molecular formula is C22H26N2O5. The predicted octanol–water partition coefficient (Wildman–Crippen LogP) is 4.15. The smallest absolute Gasteiger partial charge is 0.337 e. The van der Waals surface area contributed by atoms with Crippen LogP contribution in [0.1, 0.15) is 58.9 Å². The summed E-state index contributed by atoms with van der Waals surface area (Å²) >= 11 is 0. The molecule has 7 heteroatoms. The molecule has 1 heterocycles. The first-order chi connectivity index (χ1) is 13.5. The predicted molar refractivity (Wildman–Crippen MR) is 108 cm³/mol. The van der Waals surface area contributed by atoms with Crippen molar-refractivity contribution in [2.24, 2.45) is 5.41 Å². The highest BCUT2D eigenvalue weighted by Gasteiger charge is 2.45. The van der Waals surface area contributed by atoms with E-state index in [1.165, 1.54) is 6.07 Å². The Bertz CT molecular complexity index is 956. The number of carbonyl (C=O) groups is 2. The van der Waals surface area contributed by atoms with Crippen molar-refractivity contribution in [2.75, 3.05) is 0 Å². The molecular weight excluding hydrogens is 372 g/mol. The van der Waals surface area contributed by atoms with E-state index < -0.39 is 16.8 Å². The van der Waals surface area contributed by atoms with Crippen molar-refractivity contribution in [3.63, 3.8) is 0 Å². The number of para-hydroxylation sites is 1. The molecule has 0 radical (unpaired) electrons. The molecule has 0 saturated carbocycles. The number of nitrogens with one attached hydrogen (secondary N) is 1. The van der Waals surface area contributed by atoms with Gasteiger partial charge in [-0.2, -0.15) is 0 Å². The zero-order valence-electron chi connectivity index (χ0n) is 17.4. The molecule has 1 atom stereocenters. The van der Waals surface area contributed by atoms with Gasteiger partial charge in [-0.3, -0.25) is 14.9 Å². The van der Waals surface area contributed by atoms with Gasteiger partial charge in [-0.1, -0.05) is 32.0 Å². The summed E-state index contributed by atoms with van der Waals surface area (Å²) in [4.78, 5) is 37.4. The van der Waals surface area contributed by atoms with Crippen LogP contribution in [-0.4, -0.2) is 22.8 Å². The molecule has 1 unspecified atom stereocenters. The number of benzene rings is 1. The number of rotatable bonds is 4. The maximum atomic E-state index is 13.2. The first-order valence-electron chi connectivity index (χ1n) is 9.70. The van der Waals surface area contributed by atoms with Gasteiger partial charge in [0.1, 0.15) is 0 Å². The monoisotopic (exact) mass is 398 g/mol. The third kappa shape index (κ3) is 3.95. The number of allylic oxidation sites excluding steroid dienone is 3. The van der Waals surface area contributed by atoms with Crippen molar-refractivity contribution in [1.82, 2.24) is 5.32 Å². The van der Waals surface area contributed by atoms with Crippen LogP contribution in [0.15, 0.2) is 46.8 Å². The fraction of sp³-hybridized carbons (Fsp3) is 0.455. The molecule has 3 rings (SSSR count). The molecule has 1 N–H and O–H groups in total. The van der Waals surface area contributed by atoms with E-state index in [1.807, 2.05) is 13.8 Å². The third-order valence-corrected chi connectivity index (χ3v) is 5.25. The molecule has 154 valence electrons. The largest absolute Gasteiger partial charge is 0.460 e. The van der Waals surface area contributed by atoms with Crippen molar-refractivity contribution in [2.45, 2.75) is 59.5 Å².